The van der Waals surface area contributed by atoms with Crippen molar-refractivity contribution in [2.75, 3.05) is 32.7 Å². The van der Waals surface area contributed by atoms with Crippen LogP contribution < -0.4 is 0 Å². The minimum atomic E-state index is 0.199. The van der Waals surface area contributed by atoms with Gasteiger partial charge in [0.2, 0.25) is 5.91 Å². The average Bonchev–Trinajstić information content (AvgIpc) is 2.71. The molecule has 0 N–H and O–H groups in total. The summed E-state index contributed by atoms with van der Waals surface area (Å²) in [5.41, 5.74) is 0. The highest BCUT2D eigenvalue weighted by Gasteiger charge is 2.23. The second-order valence-corrected chi connectivity index (χ2v) is 4.40. The van der Waals surface area contributed by atoms with Crippen LogP contribution in [0.1, 0.15) is 25.7 Å². The smallest absolute Gasteiger partial charge is 0.236 e. The van der Waals surface area contributed by atoms with Gasteiger partial charge in [0, 0.05) is 25.9 Å². The lowest BCUT2D eigenvalue weighted by Gasteiger charge is -2.27. The Morgan fingerprint density at radius 3 is 2.27 bits per heavy atom. The fourth-order valence-corrected chi connectivity index (χ4v) is 2.24. The first-order chi connectivity index (χ1) is 7.25. The molecule has 2 fully saturated rings. The summed E-state index contributed by atoms with van der Waals surface area (Å²) >= 11 is 0. The Bertz CT molecular complexity index is 249. The zero-order valence-electron chi connectivity index (χ0n) is 9.07. The summed E-state index contributed by atoms with van der Waals surface area (Å²) in [7, 11) is 0. The van der Waals surface area contributed by atoms with Crippen molar-refractivity contribution in [1.82, 2.24) is 9.80 Å². The van der Waals surface area contributed by atoms with E-state index in [0.717, 1.165) is 13.1 Å². The van der Waals surface area contributed by atoms with Gasteiger partial charge in [-0.2, -0.15) is 0 Å². The van der Waals surface area contributed by atoms with Crippen LogP contribution in [0.2, 0.25) is 0 Å². The average molecular weight is 210 g/mol. The first kappa shape index (κ1) is 10.6. The monoisotopic (exact) mass is 210 g/mol. The fourth-order valence-electron chi connectivity index (χ4n) is 2.24. The first-order valence-electron chi connectivity index (χ1n) is 5.77. The van der Waals surface area contributed by atoms with E-state index in [4.69, 9.17) is 0 Å². The SMILES string of the molecule is O=C1CCN(C(=O)CN2CCCC2)CC1. The molecular formula is C11H18N2O2. The highest BCUT2D eigenvalue weighted by Crippen LogP contribution is 2.10. The van der Waals surface area contributed by atoms with E-state index in [9.17, 15) is 9.59 Å². The molecular weight excluding hydrogens is 192 g/mol. The number of carbonyl (C=O) groups is 2. The van der Waals surface area contributed by atoms with Crippen LogP contribution in [-0.2, 0) is 9.59 Å². The molecule has 4 nitrogen and oxygen atoms in total. The second kappa shape index (κ2) is 4.75. The van der Waals surface area contributed by atoms with Crippen LogP contribution in [0.4, 0.5) is 0 Å². The number of nitrogens with zero attached hydrogens (tertiary/aromatic N) is 2. The molecule has 0 aromatic carbocycles. The van der Waals surface area contributed by atoms with E-state index in [2.05, 4.69) is 4.90 Å². The number of ketones is 1. The largest absolute Gasteiger partial charge is 0.341 e. The molecule has 1 amide bonds. The van der Waals surface area contributed by atoms with Gasteiger partial charge in [0.15, 0.2) is 0 Å². The van der Waals surface area contributed by atoms with E-state index in [1.165, 1.54) is 12.8 Å². The van der Waals surface area contributed by atoms with E-state index in [1.807, 2.05) is 4.90 Å². The number of hydrogen-bond acceptors (Lipinski definition) is 3. The van der Waals surface area contributed by atoms with Crippen LogP contribution >= 0.6 is 0 Å². The number of amides is 1. The Morgan fingerprint density at radius 1 is 1.07 bits per heavy atom. The van der Waals surface area contributed by atoms with Crippen molar-refractivity contribution in [2.24, 2.45) is 0 Å². The normalized spacial score (nSPS) is 23.5. The Hall–Kier alpha value is -0.900. The molecule has 4 heteroatoms. The van der Waals surface area contributed by atoms with Crippen molar-refractivity contribution in [1.29, 1.82) is 0 Å². The third-order valence-electron chi connectivity index (χ3n) is 3.23. The Kier molecular flexibility index (Phi) is 3.36. The molecule has 0 aromatic rings. The standard InChI is InChI=1S/C11H18N2O2/c14-10-3-7-13(8-4-10)11(15)9-12-5-1-2-6-12/h1-9H2. The molecule has 15 heavy (non-hydrogen) atoms. The maximum atomic E-state index is 11.8. The summed E-state index contributed by atoms with van der Waals surface area (Å²) in [5.74, 6) is 0.490. The molecule has 0 aromatic heterocycles. The lowest BCUT2D eigenvalue weighted by atomic mass is 10.1. The summed E-state index contributed by atoms with van der Waals surface area (Å²) in [4.78, 5) is 26.9. The minimum absolute atomic E-state index is 0.199. The van der Waals surface area contributed by atoms with Crippen molar-refractivity contribution >= 4 is 11.7 Å². The molecule has 84 valence electrons. The zero-order valence-corrected chi connectivity index (χ0v) is 9.07. The van der Waals surface area contributed by atoms with Crippen molar-refractivity contribution in [2.45, 2.75) is 25.7 Å². The molecule has 0 bridgehead atoms. The molecule has 0 saturated carbocycles. The van der Waals surface area contributed by atoms with E-state index in [-0.39, 0.29) is 5.91 Å². The molecule has 2 aliphatic rings. The highest BCUT2D eigenvalue weighted by atomic mass is 16.2. The quantitative estimate of drug-likeness (QED) is 0.657. The number of Topliss-reactive ketones (excluding diaryl/α,β-unsaturated/α-hetero) is 1. The van der Waals surface area contributed by atoms with Crippen molar-refractivity contribution in [3.8, 4) is 0 Å². The minimum Gasteiger partial charge on any atom is -0.341 e. The van der Waals surface area contributed by atoms with Gasteiger partial charge in [-0.25, -0.2) is 0 Å². The molecule has 0 aliphatic carbocycles. The van der Waals surface area contributed by atoms with Gasteiger partial charge in [-0.15, -0.1) is 0 Å². The number of hydrogen-bond donors (Lipinski definition) is 0. The highest BCUT2D eigenvalue weighted by molar-refractivity contribution is 5.84. The van der Waals surface area contributed by atoms with Gasteiger partial charge >= 0.3 is 0 Å². The maximum absolute atomic E-state index is 11.8. The molecule has 0 radical (unpaired) electrons. The number of carbonyl (C=O) groups excluding carboxylic acids is 2. The topological polar surface area (TPSA) is 40.6 Å². The summed E-state index contributed by atoms with van der Waals surface area (Å²) in [6, 6.07) is 0. The van der Waals surface area contributed by atoms with Gasteiger partial charge in [-0.3, -0.25) is 14.5 Å². The lowest BCUT2D eigenvalue weighted by Crippen LogP contribution is -2.43. The van der Waals surface area contributed by atoms with Crippen LogP contribution in [-0.4, -0.2) is 54.2 Å². The van der Waals surface area contributed by atoms with Gasteiger partial charge < -0.3 is 4.90 Å². The molecule has 0 spiro atoms. The molecule has 0 atom stereocenters. The van der Waals surface area contributed by atoms with E-state index < -0.39 is 0 Å². The van der Waals surface area contributed by atoms with Gasteiger partial charge in [0.25, 0.3) is 0 Å². The molecule has 2 rings (SSSR count). The zero-order chi connectivity index (χ0) is 10.7. The Balaban J connectivity index is 1.77. The predicted molar refractivity (Wildman–Crippen MR) is 56.5 cm³/mol. The fraction of sp³-hybridized carbons (Fsp3) is 0.818. The molecule has 2 heterocycles. The van der Waals surface area contributed by atoms with Crippen LogP contribution in [0.5, 0.6) is 0 Å². The first-order valence-corrected chi connectivity index (χ1v) is 5.77. The van der Waals surface area contributed by atoms with Gasteiger partial charge in [0.1, 0.15) is 5.78 Å². The van der Waals surface area contributed by atoms with Crippen LogP contribution in [0, 0.1) is 0 Å². The lowest BCUT2D eigenvalue weighted by molar-refractivity contribution is -0.135. The van der Waals surface area contributed by atoms with Gasteiger partial charge in [0.05, 0.1) is 6.54 Å². The third kappa shape index (κ3) is 2.78. The van der Waals surface area contributed by atoms with E-state index in [1.54, 1.807) is 0 Å². The van der Waals surface area contributed by atoms with Gasteiger partial charge in [-0.1, -0.05) is 0 Å². The number of piperidine rings is 1. The van der Waals surface area contributed by atoms with Crippen LogP contribution in [0.15, 0.2) is 0 Å². The van der Waals surface area contributed by atoms with Gasteiger partial charge in [-0.05, 0) is 25.9 Å². The Labute approximate surface area is 90.2 Å². The van der Waals surface area contributed by atoms with E-state index >= 15 is 0 Å². The molecule has 2 saturated heterocycles. The number of likely N-dealkylation sites (tertiary alicyclic amines) is 2. The second-order valence-electron chi connectivity index (χ2n) is 4.40. The summed E-state index contributed by atoms with van der Waals surface area (Å²) in [5, 5.41) is 0. The Morgan fingerprint density at radius 2 is 1.67 bits per heavy atom. The van der Waals surface area contributed by atoms with Crippen LogP contribution in [0.25, 0.3) is 0 Å². The molecule has 0 unspecified atom stereocenters. The summed E-state index contributed by atoms with van der Waals surface area (Å²) in [6.07, 6.45) is 3.52. The maximum Gasteiger partial charge on any atom is 0.236 e. The number of rotatable bonds is 2. The van der Waals surface area contributed by atoms with Crippen LogP contribution in [0.3, 0.4) is 0 Å². The van der Waals surface area contributed by atoms with E-state index in [0.29, 0.717) is 38.3 Å². The summed E-state index contributed by atoms with van der Waals surface area (Å²) in [6.45, 7) is 3.92. The molecule has 2 aliphatic heterocycles. The van der Waals surface area contributed by atoms with Crippen molar-refractivity contribution in [3.63, 3.8) is 0 Å². The predicted octanol–water partition coefficient (Wildman–Crippen LogP) is 0.274. The summed E-state index contributed by atoms with van der Waals surface area (Å²) < 4.78 is 0. The van der Waals surface area contributed by atoms with Crippen molar-refractivity contribution < 1.29 is 9.59 Å². The van der Waals surface area contributed by atoms with Crippen molar-refractivity contribution in [3.05, 3.63) is 0 Å². The third-order valence-corrected chi connectivity index (χ3v) is 3.23.